The third kappa shape index (κ3) is 3.05. The van der Waals surface area contributed by atoms with Crippen molar-refractivity contribution in [3.63, 3.8) is 0 Å². The van der Waals surface area contributed by atoms with Gasteiger partial charge in [0.2, 0.25) is 0 Å². The summed E-state index contributed by atoms with van der Waals surface area (Å²) in [6.07, 6.45) is 4.58. The molecule has 0 radical (unpaired) electrons. The number of rotatable bonds is 3. The normalized spacial score (nSPS) is 24.3. The van der Waals surface area contributed by atoms with E-state index in [-0.39, 0.29) is 11.9 Å². The van der Waals surface area contributed by atoms with E-state index in [1.807, 2.05) is 6.07 Å². The first-order valence-electron chi connectivity index (χ1n) is 7.99. The molecule has 2 aliphatic heterocycles. The fourth-order valence-corrected chi connectivity index (χ4v) is 3.47. The number of nitrogens with zero attached hydrogens (tertiary/aromatic N) is 2. The molecule has 1 aromatic heterocycles. The monoisotopic (exact) mass is 310 g/mol. The first-order chi connectivity index (χ1) is 11.3. The van der Waals surface area contributed by atoms with Gasteiger partial charge < -0.3 is 4.74 Å². The van der Waals surface area contributed by atoms with Gasteiger partial charge in [0.25, 0.3) is 0 Å². The fraction of sp³-hybridized carbons (Fsp3) is 0.316. The first kappa shape index (κ1) is 14.5. The molecule has 2 unspecified atom stereocenters. The molecule has 0 aliphatic carbocycles. The molecular formula is C19H19FN2O. The van der Waals surface area contributed by atoms with Crippen LogP contribution >= 0.6 is 0 Å². The first-order valence-corrected chi connectivity index (χ1v) is 7.99. The van der Waals surface area contributed by atoms with Gasteiger partial charge in [0, 0.05) is 18.8 Å². The summed E-state index contributed by atoms with van der Waals surface area (Å²) in [4.78, 5) is 6.82. The Bertz CT molecular complexity index is 716. The zero-order valence-corrected chi connectivity index (χ0v) is 12.9. The van der Waals surface area contributed by atoms with Crippen LogP contribution in [-0.4, -0.2) is 35.2 Å². The van der Waals surface area contributed by atoms with Crippen LogP contribution in [-0.2, 0) is 11.3 Å². The molecule has 1 fully saturated rings. The Morgan fingerprint density at radius 3 is 2.83 bits per heavy atom. The number of benzene rings is 1. The van der Waals surface area contributed by atoms with Crippen LogP contribution in [0, 0.1) is 5.82 Å². The van der Waals surface area contributed by atoms with Gasteiger partial charge in [-0.3, -0.25) is 9.88 Å². The van der Waals surface area contributed by atoms with Crippen LogP contribution in [0.1, 0.15) is 17.7 Å². The molecule has 1 aromatic carbocycles. The highest BCUT2D eigenvalue weighted by atomic mass is 19.1. The molecule has 0 amide bonds. The summed E-state index contributed by atoms with van der Waals surface area (Å²) in [6.45, 7) is 2.32. The van der Waals surface area contributed by atoms with E-state index >= 15 is 0 Å². The molecule has 2 bridgehead atoms. The van der Waals surface area contributed by atoms with Crippen LogP contribution in [0.3, 0.4) is 0 Å². The summed E-state index contributed by atoms with van der Waals surface area (Å²) in [6, 6.07) is 14.0. The molecule has 4 heteroatoms. The Morgan fingerprint density at radius 1 is 1.17 bits per heavy atom. The molecule has 2 aliphatic rings. The second-order valence-corrected chi connectivity index (χ2v) is 6.17. The maximum Gasteiger partial charge on any atom is 0.126 e. The van der Waals surface area contributed by atoms with Crippen LogP contribution in [0.25, 0.3) is 5.57 Å². The molecule has 3 nitrogen and oxygen atoms in total. The molecule has 0 saturated carbocycles. The fourth-order valence-electron chi connectivity index (χ4n) is 3.47. The van der Waals surface area contributed by atoms with Gasteiger partial charge in [0.1, 0.15) is 5.82 Å². The van der Waals surface area contributed by atoms with Gasteiger partial charge in [-0.25, -0.2) is 4.39 Å². The lowest BCUT2D eigenvalue weighted by Gasteiger charge is -2.44. The maximum atomic E-state index is 13.5. The van der Waals surface area contributed by atoms with Crippen molar-refractivity contribution < 1.29 is 9.13 Å². The molecule has 2 atom stereocenters. The third-order valence-electron chi connectivity index (χ3n) is 4.60. The van der Waals surface area contributed by atoms with E-state index in [0.717, 1.165) is 30.8 Å². The van der Waals surface area contributed by atoms with E-state index < -0.39 is 0 Å². The minimum Gasteiger partial charge on any atom is -0.378 e. The van der Waals surface area contributed by atoms with Crippen molar-refractivity contribution in [1.29, 1.82) is 0 Å². The van der Waals surface area contributed by atoms with Crippen molar-refractivity contribution in [2.75, 3.05) is 13.2 Å². The molecule has 118 valence electrons. The van der Waals surface area contributed by atoms with E-state index in [4.69, 9.17) is 4.74 Å². The highest BCUT2D eigenvalue weighted by Gasteiger charge is 2.35. The number of morpholine rings is 1. The second kappa shape index (κ2) is 6.22. The maximum absolute atomic E-state index is 13.5. The zero-order valence-electron chi connectivity index (χ0n) is 12.9. The Morgan fingerprint density at radius 2 is 2.04 bits per heavy atom. The van der Waals surface area contributed by atoms with Gasteiger partial charge in [0.15, 0.2) is 0 Å². The van der Waals surface area contributed by atoms with Crippen LogP contribution < -0.4 is 0 Å². The van der Waals surface area contributed by atoms with E-state index in [1.54, 1.807) is 0 Å². The number of fused-ring (bicyclic) bond motifs is 2. The van der Waals surface area contributed by atoms with Crippen molar-refractivity contribution in [3.05, 3.63) is 71.8 Å². The minimum atomic E-state index is -0.232. The predicted octanol–water partition coefficient (Wildman–Crippen LogP) is 3.28. The topological polar surface area (TPSA) is 25.4 Å². The third-order valence-corrected chi connectivity index (χ3v) is 4.60. The van der Waals surface area contributed by atoms with Crippen LogP contribution in [0.5, 0.6) is 0 Å². The lowest BCUT2D eigenvalue weighted by atomic mass is 9.91. The van der Waals surface area contributed by atoms with Gasteiger partial charge in [-0.1, -0.05) is 36.4 Å². The molecule has 2 aromatic rings. The summed E-state index contributed by atoms with van der Waals surface area (Å²) in [5.41, 5.74) is 3.19. The average molecular weight is 310 g/mol. The number of aromatic nitrogens is 1. The van der Waals surface area contributed by atoms with Gasteiger partial charge in [-0.15, -0.1) is 0 Å². The molecule has 3 heterocycles. The van der Waals surface area contributed by atoms with E-state index in [1.165, 1.54) is 23.9 Å². The Hall–Kier alpha value is -2.04. The number of pyridine rings is 1. The molecule has 0 N–H and O–H groups in total. The van der Waals surface area contributed by atoms with Gasteiger partial charge >= 0.3 is 0 Å². The predicted molar refractivity (Wildman–Crippen MR) is 87.2 cm³/mol. The Kier molecular flexibility index (Phi) is 3.93. The summed E-state index contributed by atoms with van der Waals surface area (Å²) in [7, 11) is 0. The number of halogens is 1. The Labute approximate surface area is 135 Å². The molecule has 23 heavy (non-hydrogen) atoms. The van der Waals surface area contributed by atoms with Crippen molar-refractivity contribution in [1.82, 2.24) is 9.88 Å². The molecule has 1 saturated heterocycles. The summed E-state index contributed by atoms with van der Waals surface area (Å²) < 4.78 is 19.2. The van der Waals surface area contributed by atoms with Gasteiger partial charge in [-0.2, -0.15) is 0 Å². The van der Waals surface area contributed by atoms with Gasteiger partial charge in [0.05, 0.1) is 24.9 Å². The highest BCUT2D eigenvalue weighted by molar-refractivity contribution is 5.65. The number of ether oxygens (including phenoxy) is 1. The van der Waals surface area contributed by atoms with Crippen LogP contribution in [0.4, 0.5) is 4.39 Å². The van der Waals surface area contributed by atoms with Crippen LogP contribution in [0.15, 0.2) is 54.7 Å². The second-order valence-electron chi connectivity index (χ2n) is 6.17. The summed E-state index contributed by atoms with van der Waals surface area (Å²) in [5.74, 6) is -0.232. The number of hydrogen-bond acceptors (Lipinski definition) is 3. The average Bonchev–Trinajstić information content (AvgIpc) is 2.55. The summed E-state index contributed by atoms with van der Waals surface area (Å²) >= 11 is 0. The Balaban J connectivity index is 1.60. The lowest BCUT2D eigenvalue weighted by Crippen LogP contribution is -2.53. The SMILES string of the molecule is Fc1ccnc(C2=CC3COCC(C2)N3Cc2ccccc2)c1. The smallest absolute Gasteiger partial charge is 0.126 e. The standard InChI is InChI=1S/C19H19FN2O/c20-16-6-7-21-19(10-16)15-8-17-12-23-13-18(9-15)22(17)11-14-4-2-1-3-5-14/h1-8,10,17-18H,9,11-13H2. The lowest BCUT2D eigenvalue weighted by molar-refractivity contribution is -0.0403. The van der Waals surface area contributed by atoms with E-state index in [0.29, 0.717) is 12.6 Å². The highest BCUT2D eigenvalue weighted by Crippen LogP contribution is 2.32. The minimum absolute atomic E-state index is 0.225. The molecular weight excluding hydrogens is 291 g/mol. The van der Waals surface area contributed by atoms with Crippen molar-refractivity contribution >= 4 is 5.57 Å². The number of hydrogen-bond donors (Lipinski definition) is 0. The summed E-state index contributed by atoms with van der Waals surface area (Å²) in [5, 5.41) is 0. The molecule has 4 rings (SSSR count). The van der Waals surface area contributed by atoms with Gasteiger partial charge in [-0.05, 0) is 29.7 Å². The van der Waals surface area contributed by atoms with E-state index in [9.17, 15) is 4.39 Å². The zero-order chi connectivity index (χ0) is 15.6. The van der Waals surface area contributed by atoms with Crippen molar-refractivity contribution in [3.8, 4) is 0 Å². The largest absolute Gasteiger partial charge is 0.378 e. The van der Waals surface area contributed by atoms with Crippen molar-refractivity contribution in [2.45, 2.75) is 25.0 Å². The van der Waals surface area contributed by atoms with E-state index in [2.05, 4.69) is 40.2 Å². The quantitative estimate of drug-likeness (QED) is 0.870. The van der Waals surface area contributed by atoms with Crippen molar-refractivity contribution in [2.24, 2.45) is 0 Å². The van der Waals surface area contributed by atoms with Crippen LogP contribution in [0.2, 0.25) is 0 Å². The molecule has 0 spiro atoms.